The Morgan fingerprint density at radius 3 is 2.67 bits per heavy atom. The van der Waals surface area contributed by atoms with Gasteiger partial charge in [0.1, 0.15) is 12.1 Å². The predicted molar refractivity (Wildman–Crippen MR) is 82.4 cm³/mol. The molecule has 21 heavy (non-hydrogen) atoms. The smallest absolute Gasteiger partial charge is 0.163 e. The Kier molecular flexibility index (Phi) is 3.25. The molecule has 2 fully saturated rings. The molecule has 0 N–H and O–H groups in total. The summed E-state index contributed by atoms with van der Waals surface area (Å²) in [6.45, 7) is 5.22. The first-order valence-corrected chi connectivity index (χ1v) is 7.91. The van der Waals surface area contributed by atoms with Gasteiger partial charge in [0.05, 0.1) is 11.6 Å². The van der Waals surface area contributed by atoms with Crippen LogP contribution in [-0.4, -0.2) is 57.9 Å². The number of fused-ring (bicyclic) bond motifs is 1. The lowest BCUT2D eigenvalue weighted by molar-refractivity contribution is 0.269. The first-order chi connectivity index (χ1) is 10.3. The fraction of sp³-hybridized carbons (Fsp3) is 0.667. The second kappa shape index (κ2) is 5.26. The molecule has 0 unspecified atom stereocenters. The maximum atomic E-state index is 4.56. The van der Waals surface area contributed by atoms with Gasteiger partial charge in [-0.05, 0) is 25.8 Å². The van der Waals surface area contributed by atoms with Crippen LogP contribution in [0, 0.1) is 5.92 Å². The minimum Gasteiger partial charge on any atom is -0.353 e. The average molecular weight is 286 g/mol. The Balaban J connectivity index is 1.63. The second-order valence-corrected chi connectivity index (χ2v) is 6.35. The van der Waals surface area contributed by atoms with E-state index < -0.39 is 0 Å². The number of piperazine rings is 1. The van der Waals surface area contributed by atoms with Gasteiger partial charge >= 0.3 is 0 Å². The van der Waals surface area contributed by atoms with Crippen molar-refractivity contribution < 1.29 is 0 Å². The highest BCUT2D eigenvalue weighted by Gasteiger charge is 2.22. The molecule has 1 saturated heterocycles. The van der Waals surface area contributed by atoms with Gasteiger partial charge in [-0.15, -0.1) is 0 Å². The Labute approximate surface area is 124 Å². The minimum absolute atomic E-state index is 0.787. The fourth-order valence-electron chi connectivity index (χ4n) is 3.20. The number of nitrogens with zero attached hydrogens (tertiary/aromatic N) is 6. The van der Waals surface area contributed by atoms with E-state index in [1.807, 2.05) is 6.20 Å². The van der Waals surface area contributed by atoms with Crippen molar-refractivity contribution in [2.75, 3.05) is 38.1 Å². The highest BCUT2D eigenvalue weighted by Crippen LogP contribution is 2.30. The van der Waals surface area contributed by atoms with Gasteiger partial charge in [-0.3, -0.25) is 0 Å². The lowest BCUT2D eigenvalue weighted by Gasteiger charge is -2.33. The molecule has 112 valence electrons. The molecule has 4 rings (SSSR count). The Morgan fingerprint density at radius 1 is 1.14 bits per heavy atom. The molecule has 1 aliphatic carbocycles. The van der Waals surface area contributed by atoms with E-state index >= 15 is 0 Å². The lowest BCUT2D eigenvalue weighted by Crippen LogP contribution is -2.44. The van der Waals surface area contributed by atoms with Gasteiger partial charge in [0, 0.05) is 32.7 Å². The molecule has 1 aliphatic heterocycles. The summed E-state index contributed by atoms with van der Waals surface area (Å²) < 4.78 is 2.07. The predicted octanol–water partition coefficient (Wildman–Crippen LogP) is 1.38. The maximum Gasteiger partial charge on any atom is 0.163 e. The van der Waals surface area contributed by atoms with Crippen molar-refractivity contribution in [2.24, 2.45) is 5.92 Å². The molecule has 3 heterocycles. The van der Waals surface area contributed by atoms with E-state index in [2.05, 4.69) is 36.6 Å². The van der Waals surface area contributed by atoms with Crippen LogP contribution in [0.25, 0.3) is 11.0 Å². The topological polar surface area (TPSA) is 50.1 Å². The Morgan fingerprint density at radius 2 is 1.95 bits per heavy atom. The highest BCUT2D eigenvalue weighted by molar-refractivity contribution is 5.86. The van der Waals surface area contributed by atoms with Crippen LogP contribution in [0.1, 0.15) is 19.3 Å². The van der Waals surface area contributed by atoms with Crippen molar-refractivity contribution in [1.82, 2.24) is 24.6 Å². The summed E-state index contributed by atoms with van der Waals surface area (Å²) in [5, 5.41) is 5.66. The van der Waals surface area contributed by atoms with Gasteiger partial charge in [0.2, 0.25) is 0 Å². The summed E-state index contributed by atoms with van der Waals surface area (Å²) >= 11 is 0. The average Bonchev–Trinajstić information content (AvgIpc) is 2.87. The molecule has 2 aliphatic rings. The second-order valence-electron chi connectivity index (χ2n) is 6.35. The zero-order valence-electron chi connectivity index (χ0n) is 12.6. The van der Waals surface area contributed by atoms with Gasteiger partial charge in [0.25, 0.3) is 0 Å². The number of aromatic nitrogens is 4. The molecule has 0 atom stereocenters. The van der Waals surface area contributed by atoms with Crippen LogP contribution in [0.2, 0.25) is 0 Å². The number of rotatable bonds is 3. The van der Waals surface area contributed by atoms with Crippen LogP contribution in [0.15, 0.2) is 12.5 Å². The molecule has 0 radical (unpaired) electrons. The minimum atomic E-state index is 0.787. The Bertz CT molecular complexity index is 624. The van der Waals surface area contributed by atoms with Gasteiger partial charge in [-0.25, -0.2) is 14.6 Å². The van der Waals surface area contributed by atoms with Crippen LogP contribution < -0.4 is 4.90 Å². The van der Waals surface area contributed by atoms with E-state index in [0.29, 0.717) is 0 Å². The molecule has 0 amide bonds. The highest BCUT2D eigenvalue weighted by atomic mass is 15.3. The normalized spacial score (nSPS) is 20.9. The molecule has 0 spiro atoms. The van der Waals surface area contributed by atoms with Crippen molar-refractivity contribution in [1.29, 1.82) is 0 Å². The largest absolute Gasteiger partial charge is 0.353 e. The summed E-state index contributed by atoms with van der Waals surface area (Å²) in [5.41, 5.74) is 0.992. The first kappa shape index (κ1) is 13.0. The molecule has 2 aromatic heterocycles. The van der Waals surface area contributed by atoms with Crippen LogP contribution in [0.5, 0.6) is 0 Å². The van der Waals surface area contributed by atoms with Crippen LogP contribution >= 0.6 is 0 Å². The third-order valence-corrected chi connectivity index (χ3v) is 4.87. The van der Waals surface area contributed by atoms with E-state index in [1.165, 1.54) is 19.3 Å². The van der Waals surface area contributed by atoms with E-state index in [4.69, 9.17) is 0 Å². The van der Waals surface area contributed by atoms with Crippen molar-refractivity contribution >= 4 is 16.9 Å². The van der Waals surface area contributed by atoms with Gasteiger partial charge in [-0.2, -0.15) is 5.10 Å². The molecule has 0 bridgehead atoms. The van der Waals surface area contributed by atoms with Gasteiger partial charge in [0.15, 0.2) is 5.65 Å². The molecule has 2 aromatic rings. The molecule has 0 aromatic carbocycles. The van der Waals surface area contributed by atoms with Crippen LogP contribution in [-0.2, 0) is 6.54 Å². The summed E-state index contributed by atoms with van der Waals surface area (Å²) in [6.07, 6.45) is 7.66. The summed E-state index contributed by atoms with van der Waals surface area (Å²) in [7, 11) is 2.17. The summed E-state index contributed by atoms with van der Waals surface area (Å²) in [4.78, 5) is 13.7. The Hall–Kier alpha value is -1.69. The van der Waals surface area contributed by atoms with Crippen molar-refractivity contribution in [3.63, 3.8) is 0 Å². The van der Waals surface area contributed by atoms with Crippen molar-refractivity contribution in [2.45, 2.75) is 25.8 Å². The number of hydrogen-bond donors (Lipinski definition) is 0. The lowest BCUT2D eigenvalue weighted by atomic mass is 9.85. The fourth-order valence-corrected chi connectivity index (χ4v) is 3.20. The monoisotopic (exact) mass is 286 g/mol. The van der Waals surface area contributed by atoms with E-state index in [9.17, 15) is 0 Å². The van der Waals surface area contributed by atoms with E-state index in [-0.39, 0.29) is 0 Å². The van der Waals surface area contributed by atoms with Gasteiger partial charge < -0.3 is 9.80 Å². The maximum absolute atomic E-state index is 4.56. The zero-order valence-corrected chi connectivity index (χ0v) is 12.6. The summed E-state index contributed by atoms with van der Waals surface area (Å²) in [6, 6.07) is 0. The third-order valence-electron chi connectivity index (χ3n) is 4.87. The number of likely N-dealkylation sites (N-methyl/N-ethyl adjacent to an activating group) is 1. The van der Waals surface area contributed by atoms with E-state index in [1.54, 1.807) is 6.33 Å². The molecule has 6 heteroatoms. The molecule has 1 saturated carbocycles. The van der Waals surface area contributed by atoms with Crippen molar-refractivity contribution in [3.8, 4) is 0 Å². The quantitative estimate of drug-likeness (QED) is 0.853. The van der Waals surface area contributed by atoms with Gasteiger partial charge in [-0.1, -0.05) is 6.42 Å². The molecular weight excluding hydrogens is 264 g/mol. The van der Waals surface area contributed by atoms with E-state index in [0.717, 1.165) is 55.5 Å². The standard InChI is InChI=1S/C15H22N6/c1-19-5-7-20(8-6-19)14-13-9-18-21(10-12-3-2-4-12)15(13)17-11-16-14/h9,11-12H,2-8,10H2,1H3. The first-order valence-electron chi connectivity index (χ1n) is 7.91. The third kappa shape index (κ3) is 2.37. The van der Waals surface area contributed by atoms with Crippen molar-refractivity contribution in [3.05, 3.63) is 12.5 Å². The molecular formula is C15H22N6. The number of anilines is 1. The van der Waals surface area contributed by atoms with Crippen LogP contribution in [0.4, 0.5) is 5.82 Å². The SMILES string of the molecule is CN1CCN(c2ncnc3c2cnn3CC2CCC2)CC1. The summed E-state index contributed by atoms with van der Waals surface area (Å²) in [5.74, 6) is 1.84. The number of hydrogen-bond acceptors (Lipinski definition) is 5. The molecule has 6 nitrogen and oxygen atoms in total. The zero-order chi connectivity index (χ0) is 14.2. The van der Waals surface area contributed by atoms with Crippen LogP contribution in [0.3, 0.4) is 0 Å².